The molecule has 2 atom stereocenters. The number of benzene rings is 1. The summed E-state index contributed by atoms with van der Waals surface area (Å²) in [6.07, 6.45) is 7.80. The summed E-state index contributed by atoms with van der Waals surface area (Å²) in [5, 5.41) is 16.5. The van der Waals surface area contributed by atoms with Gasteiger partial charge in [-0.3, -0.25) is 9.59 Å². The third-order valence-corrected chi connectivity index (χ3v) is 5.73. The third-order valence-electron chi connectivity index (χ3n) is 5.73. The van der Waals surface area contributed by atoms with Gasteiger partial charge in [-0.15, -0.1) is 0 Å². The molecule has 2 aliphatic carbocycles. The van der Waals surface area contributed by atoms with Crippen LogP contribution in [0, 0.1) is 11.8 Å². The zero-order chi connectivity index (χ0) is 19.9. The number of carbonyl (C=O) groups is 2. The van der Waals surface area contributed by atoms with Crippen molar-refractivity contribution in [1.29, 1.82) is 0 Å². The molecule has 3 rings (SSSR count). The Hall–Kier alpha value is -2.56. The Bertz CT molecular complexity index is 767. The fourth-order valence-electron chi connectivity index (χ4n) is 4.33. The summed E-state index contributed by atoms with van der Waals surface area (Å²) in [5.74, 6) is 0.801. The van der Waals surface area contributed by atoms with E-state index in [0.29, 0.717) is 24.6 Å². The van der Waals surface area contributed by atoms with E-state index < -0.39 is 0 Å². The minimum absolute atomic E-state index is 0.0280. The van der Waals surface area contributed by atoms with Crippen LogP contribution in [0.3, 0.4) is 0 Å². The summed E-state index contributed by atoms with van der Waals surface area (Å²) in [4.78, 5) is 23.4. The molecule has 0 aliphatic heterocycles. The second-order valence-electron chi connectivity index (χ2n) is 7.79. The van der Waals surface area contributed by atoms with Crippen LogP contribution in [0.2, 0.25) is 0 Å². The zero-order valence-electron chi connectivity index (χ0n) is 16.5. The van der Waals surface area contributed by atoms with Gasteiger partial charge in [0.25, 0.3) is 0 Å². The molecule has 1 aromatic carbocycles. The smallest absolute Gasteiger partial charge is 0.224 e. The van der Waals surface area contributed by atoms with Crippen LogP contribution < -0.4 is 10.6 Å². The number of amides is 2. The van der Waals surface area contributed by atoms with Crippen molar-refractivity contribution in [3.05, 3.63) is 59.0 Å². The molecule has 5 heteroatoms. The van der Waals surface area contributed by atoms with Gasteiger partial charge >= 0.3 is 0 Å². The van der Waals surface area contributed by atoms with E-state index in [9.17, 15) is 14.7 Å². The maximum Gasteiger partial charge on any atom is 0.224 e. The quantitative estimate of drug-likeness (QED) is 0.640. The molecule has 3 N–H and O–H groups in total. The Morgan fingerprint density at radius 1 is 1.18 bits per heavy atom. The lowest BCUT2D eigenvalue weighted by atomic mass is 9.86. The van der Waals surface area contributed by atoms with Gasteiger partial charge in [0.05, 0.1) is 5.70 Å². The van der Waals surface area contributed by atoms with Crippen molar-refractivity contribution in [3.63, 3.8) is 0 Å². The average Bonchev–Trinajstić information content (AvgIpc) is 3.08. The van der Waals surface area contributed by atoms with E-state index in [0.717, 1.165) is 44.1 Å². The van der Waals surface area contributed by atoms with Gasteiger partial charge in [0.15, 0.2) is 0 Å². The molecule has 0 bridgehead atoms. The first kappa shape index (κ1) is 20.2. The van der Waals surface area contributed by atoms with Crippen LogP contribution in [0.25, 0.3) is 0 Å². The summed E-state index contributed by atoms with van der Waals surface area (Å²) in [5.41, 5.74) is 2.85. The number of fused-ring (bicyclic) bond motifs is 1. The van der Waals surface area contributed by atoms with Gasteiger partial charge < -0.3 is 15.7 Å². The standard InChI is InChI=1S/C23H30N2O3/c1-16(26)24-15-14-19-11-10-18-12-13-20(23(28)22(18)19)25-21(27)9-5-8-17-6-3-2-4-7-17/h2-4,6-7,13,18-19,28H,5,8-12,14-15H2,1H3,(H,24,26)(H,25,27). The van der Waals surface area contributed by atoms with Crippen molar-refractivity contribution in [3.8, 4) is 0 Å². The van der Waals surface area contributed by atoms with Gasteiger partial charge in [0, 0.05) is 19.9 Å². The van der Waals surface area contributed by atoms with E-state index >= 15 is 0 Å². The second-order valence-corrected chi connectivity index (χ2v) is 7.79. The molecule has 150 valence electrons. The van der Waals surface area contributed by atoms with Crippen molar-refractivity contribution in [2.24, 2.45) is 11.8 Å². The van der Waals surface area contributed by atoms with Gasteiger partial charge in [-0.1, -0.05) is 36.4 Å². The molecule has 0 spiro atoms. The average molecular weight is 383 g/mol. The number of aryl methyl sites for hydroxylation is 1. The molecular weight excluding hydrogens is 352 g/mol. The lowest BCUT2D eigenvalue weighted by Gasteiger charge is -2.24. The van der Waals surface area contributed by atoms with Crippen LogP contribution in [-0.2, 0) is 16.0 Å². The molecule has 0 radical (unpaired) electrons. The summed E-state index contributed by atoms with van der Waals surface area (Å²) in [6.45, 7) is 2.14. The first-order chi connectivity index (χ1) is 13.5. The fourth-order valence-corrected chi connectivity index (χ4v) is 4.33. The normalized spacial score (nSPS) is 21.1. The Morgan fingerprint density at radius 3 is 2.71 bits per heavy atom. The minimum atomic E-state index is -0.0550. The van der Waals surface area contributed by atoms with Gasteiger partial charge in [-0.25, -0.2) is 0 Å². The number of aliphatic hydroxyl groups excluding tert-OH is 1. The van der Waals surface area contributed by atoms with Gasteiger partial charge in [-0.2, -0.15) is 0 Å². The van der Waals surface area contributed by atoms with Crippen molar-refractivity contribution in [2.45, 2.75) is 51.9 Å². The highest BCUT2D eigenvalue weighted by molar-refractivity contribution is 5.78. The largest absolute Gasteiger partial charge is 0.506 e. The molecule has 5 nitrogen and oxygen atoms in total. The molecule has 2 aliphatic rings. The molecule has 1 fully saturated rings. The van der Waals surface area contributed by atoms with Gasteiger partial charge in [0.2, 0.25) is 11.8 Å². The molecule has 2 unspecified atom stereocenters. The van der Waals surface area contributed by atoms with Gasteiger partial charge in [0.1, 0.15) is 5.76 Å². The second kappa shape index (κ2) is 9.58. The van der Waals surface area contributed by atoms with E-state index in [1.807, 2.05) is 24.3 Å². The van der Waals surface area contributed by atoms with Crippen molar-refractivity contribution in [1.82, 2.24) is 10.6 Å². The Kier molecular flexibility index (Phi) is 6.90. The van der Waals surface area contributed by atoms with Crippen LogP contribution in [0.15, 0.2) is 53.4 Å². The van der Waals surface area contributed by atoms with E-state index in [4.69, 9.17) is 0 Å². The first-order valence-electron chi connectivity index (χ1n) is 10.3. The SMILES string of the molecule is CC(=O)NCCC1CCC2CC=C(NC(=O)CCCc3ccccc3)C(O)=C21. The number of hydrogen-bond donors (Lipinski definition) is 3. The van der Waals surface area contributed by atoms with Crippen LogP contribution in [0.1, 0.15) is 51.0 Å². The topological polar surface area (TPSA) is 78.4 Å². The molecule has 0 aromatic heterocycles. The molecule has 28 heavy (non-hydrogen) atoms. The monoisotopic (exact) mass is 382 g/mol. The molecule has 0 heterocycles. The highest BCUT2D eigenvalue weighted by Crippen LogP contribution is 2.45. The highest BCUT2D eigenvalue weighted by atomic mass is 16.3. The Morgan fingerprint density at radius 2 is 1.96 bits per heavy atom. The summed E-state index contributed by atoms with van der Waals surface area (Å²) >= 11 is 0. The minimum Gasteiger partial charge on any atom is -0.506 e. The van der Waals surface area contributed by atoms with Crippen LogP contribution in [-0.4, -0.2) is 23.5 Å². The van der Waals surface area contributed by atoms with Crippen LogP contribution >= 0.6 is 0 Å². The lowest BCUT2D eigenvalue weighted by Crippen LogP contribution is -2.28. The van der Waals surface area contributed by atoms with Crippen molar-refractivity contribution >= 4 is 11.8 Å². The number of aliphatic hydroxyl groups is 1. The zero-order valence-corrected chi connectivity index (χ0v) is 16.5. The predicted octanol–water partition coefficient (Wildman–Crippen LogP) is 3.78. The van der Waals surface area contributed by atoms with Gasteiger partial charge in [-0.05, 0) is 61.5 Å². The molecule has 2 amide bonds. The van der Waals surface area contributed by atoms with E-state index in [1.165, 1.54) is 12.5 Å². The summed E-state index contributed by atoms with van der Waals surface area (Å²) in [7, 11) is 0. The highest BCUT2D eigenvalue weighted by Gasteiger charge is 2.35. The van der Waals surface area contributed by atoms with E-state index in [-0.39, 0.29) is 23.5 Å². The Balaban J connectivity index is 1.53. The molecule has 0 saturated heterocycles. The third kappa shape index (κ3) is 5.24. The van der Waals surface area contributed by atoms with E-state index in [2.05, 4.69) is 22.8 Å². The number of rotatable bonds is 8. The van der Waals surface area contributed by atoms with Crippen molar-refractivity contribution < 1.29 is 14.7 Å². The Labute approximate surface area is 166 Å². The molecule has 1 aromatic rings. The maximum absolute atomic E-state index is 12.3. The maximum atomic E-state index is 12.3. The number of carbonyl (C=O) groups excluding carboxylic acids is 2. The van der Waals surface area contributed by atoms with E-state index in [1.54, 1.807) is 0 Å². The molecular formula is C23H30N2O3. The number of hydrogen-bond acceptors (Lipinski definition) is 3. The summed E-state index contributed by atoms with van der Waals surface area (Å²) < 4.78 is 0. The van der Waals surface area contributed by atoms with Crippen molar-refractivity contribution in [2.75, 3.05) is 6.54 Å². The van der Waals surface area contributed by atoms with Crippen LogP contribution in [0.4, 0.5) is 0 Å². The summed E-state index contributed by atoms with van der Waals surface area (Å²) in [6, 6.07) is 10.1. The molecule has 1 saturated carbocycles. The first-order valence-corrected chi connectivity index (χ1v) is 10.3. The lowest BCUT2D eigenvalue weighted by molar-refractivity contribution is -0.120. The number of nitrogens with one attached hydrogen (secondary N) is 2. The number of allylic oxidation sites excluding steroid dienone is 2. The fraction of sp³-hybridized carbons (Fsp3) is 0.478. The predicted molar refractivity (Wildman–Crippen MR) is 109 cm³/mol. The van der Waals surface area contributed by atoms with Crippen LogP contribution in [0.5, 0.6) is 0 Å².